The van der Waals surface area contributed by atoms with Crippen molar-refractivity contribution in [1.82, 2.24) is 4.90 Å². The van der Waals surface area contributed by atoms with Crippen LogP contribution in [0, 0.1) is 5.92 Å². The van der Waals surface area contributed by atoms with Gasteiger partial charge in [0.2, 0.25) is 0 Å². The second kappa shape index (κ2) is 7.86. The van der Waals surface area contributed by atoms with Crippen molar-refractivity contribution < 1.29 is 28.3 Å². The quantitative estimate of drug-likeness (QED) is 0.617. The van der Waals surface area contributed by atoms with E-state index in [1.165, 1.54) is 31.8 Å². The summed E-state index contributed by atoms with van der Waals surface area (Å²) in [6.07, 6.45) is 4.23. The molecule has 2 aromatic rings. The van der Waals surface area contributed by atoms with Crippen LogP contribution in [0.2, 0.25) is 0 Å². The normalized spacial score (nSPS) is 16.8. The first-order chi connectivity index (χ1) is 12.6. The Morgan fingerprint density at radius 3 is 2.54 bits per heavy atom. The number of amides is 1. The number of carbonyl (C=O) groups is 3. The summed E-state index contributed by atoms with van der Waals surface area (Å²) in [4.78, 5) is 37.9. The summed E-state index contributed by atoms with van der Waals surface area (Å²) < 4.78 is 15.0. The lowest BCUT2D eigenvalue weighted by Gasteiger charge is -2.31. The number of methoxy groups -OCH3 is 1. The zero-order chi connectivity index (χ0) is 18.5. The van der Waals surface area contributed by atoms with E-state index in [2.05, 4.69) is 4.74 Å². The molecule has 1 fully saturated rings. The molecular weight excluding hydrogens is 338 g/mol. The summed E-state index contributed by atoms with van der Waals surface area (Å²) in [7, 11) is 1.30. The van der Waals surface area contributed by atoms with Gasteiger partial charge in [-0.15, -0.1) is 0 Å². The number of esters is 2. The first kappa shape index (κ1) is 17.7. The van der Waals surface area contributed by atoms with Crippen LogP contribution >= 0.6 is 0 Å². The van der Waals surface area contributed by atoms with Gasteiger partial charge in [-0.1, -0.05) is 0 Å². The van der Waals surface area contributed by atoms with Gasteiger partial charge in [0, 0.05) is 13.1 Å². The Hall–Kier alpha value is -3.09. The highest BCUT2D eigenvalue weighted by Gasteiger charge is 2.30. The van der Waals surface area contributed by atoms with E-state index in [1.54, 1.807) is 23.1 Å². The molecule has 1 saturated heterocycles. The molecule has 0 saturated carbocycles. The molecule has 1 aromatic carbocycles. The maximum Gasteiger partial charge on any atom is 0.337 e. The molecule has 7 heteroatoms. The van der Waals surface area contributed by atoms with Gasteiger partial charge < -0.3 is 18.8 Å². The van der Waals surface area contributed by atoms with Crippen molar-refractivity contribution in [3.8, 4) is 5.75 Å². The molecule has 2 heterocycles. The minimum absolute atomic E-state index is 0.154. The molecule has 0 bridgehead atoms. The van der Waals surface area contributed by atoms with Gasteiger partial charge in [0.1, 0.15) is 12.0 Å². The predicted molar refractivity (Wildman–Crippen MR) is 90.8 cm³/mol. The average molecular weight is 357 g/mol. The molecule has 7 nitrogen and oxygen atoms in total. The number of piperidine rings is 1. The highest BCUT2D eigenvalue weighted by atomic mass is 16.5. The van der Waals surface area contributed by atoms with Gasteiger partial charge in [-0.05, 0) is 43.2 Å². The van der Waals surface area contributed by atoms with Crippen molar-refractivity contribution in [3.63, 3.8) is 0 Å². The molecular formula is C19H19NO6. The number of benzene rings is 1. The van der Waals surface area contributed by atoms with E-state index in [4.69, 9.17) is 9.15 Å². The fraction of sp³-hybridized carbons (Fsp3) is 0.316. The van der Waals surface area contributed by atoms with E-state index in [0.29, 0.717) is 36.4 Å². The maximum atomic E-state index is 12.4. The minimum Gasteiger partial charge on any atom is -0.472 e. The lowest BCUT2D eigenvalue weighted by Crippen LogP contribution is -2.43. The third-order valence-electron chi connectivity index (χ3n) is 4.30. The Morgan fingerprint density at radius 1 is 1.12 bits per heavy atom. The van der Waals surface area contributed by atoms with Crippen molar-refractivity contribution >= 4 is 17.8 Å². The van der Waals surface area contributed by atoms with Crippen molar-refractivity contribution in [2.75, 3.05) is 20.2 Å². The van der Waals surface area contributed by atoms with E-state index in [-0.39, 0.29) is 17.8 Å². The first-order valence-corrected chi connectivity index (χ1v) is 8.30. The van der Waals surface area contributed by atoms with Gasteiger partial charge in [-0.25, -0.2) is 4.79 Å². The second-order valence-corrected chi connectivity index (χ2v) is 6.04. The Balaban J connectivity index is 1.60. The minimum atomic E-state index is -0.455. The molecule has 1 unspecified atom stereocenters. The molecule has 1 aliphatic heterocycles. The van der Waals surface area contributed by atoms with Crippen molar-refractivity contribution in [2.45, 2.75) is 12.8 Å². The third kappa shape index (κ3) is 3.93. The molecule has 3 rings (SSSR count). The van der Waals surface area contributed by atoms with E-state index < -0.39 is 5.97 Å². The summed E-state index contributed by atoms with van der Waals surface area (Å²) in [5.74, 6) is -1.04. The smallest absolute Gasteiger partial charge is 0.337 e. The molecule has 26 heavy (non-hydrogen) atoms. The van der Waals surface area contributed by atoms with E-state index in [0.717, 1.165) is 6.42 Å². The fourth-order valence-electron chi connectivity index (χ4n) is 2.90. The first-order valence-electron chi connectivity index (χ1n) is 8.30. The van der Waals surface area contributed by atoms with Gasteiger partial charge >= 0.3 is 11.9 Å². The molecule has 1 atom stereocenters. The standard InChI is InChI=1S/C19H19NO6/c1-24-18(22)13-4-6-16(7-5-13)26-19(23)14-3-2-9-20(11-14)17(21)15-8-10-25-12-15/h4-8,10,12,14H,2-3,9,11H2,1H3. The number of hydrogen-bond donors (Lipinski definition) is 0. The van der Waals surface area contributed by atoms with Crippen LogP contribution < -0.4 is 4.74 Å². The van der Waals surface area contributed by atoms with Crippen molar-refractivity contribution in [2.24, 2.45) is 5.92 Å². The number of furan rings is 1. The molecule has 0 spiro atoms. The third-order valence-corrected chi connectivity index (χ3v) is 4.30. The SMILES string of the molecule is COC(=O)c1ccc(OC(=O)C2CCCN(C(=O)c3ccoc3)C2)cc1. The topological polar surface area (TPSA) is 86.0 Å². The Morgan fingerprint density at radius 2 is 1.88 bits per heavy atom. The van der Waals surface area contributed by atoms with Gasteiger partial charge in [0.05, 0.1) is 30.4 Å². The number of nitrogens with zero attached hydrogens (tertiary/aromatic N) is 1. The van der Waals surface area contributed by atoms with Crippen LogP contribution in [0.25, 0.3) is 0 Å². The van der Waals surface area contributed by atoms with Crippen LogP contribution in [-0.2, 0) is 9.53 Å². The zero-order valence-corrected chi connectivity index (χ0v) is 14.3. The highest BCUT2D eigenvalue weighted by Crippen LogP contribution is 2.22. The Bertz CT molecular complexity index is 781. The summed E-state index contributed by atoms with van der Waals surface area (Å²) in [6.45, 7) is 0.907. The molecule has 1 aliphatic rings. The Labute approximate surface area is 150 Å². The molecule has 0 N–H and O–H groups in total. The van der Waals surface area contributed by atoms with Gasteiger partial charge in [-0.2, -0.15) is 0 Å². The lowest BCUT2D eigenvalue weighted by molar-refractivity contribution is -0.140. The van der Waals surface area contributed by atoms with Crippen LogP contribution in [0.5, 0.6) is 5.75 Å². The van der Waals surface area contributed by atoms with E-state index in [1.807, 2.05) is 0 Å². The summed E-state index contributed by atoms with van der Waals surface area (Å²) in [5.41, 5.74) is 0.847. The highest BCUT2D eigenvalue weighted by molar-refractivity contribution is 5.94. The van der Waals surface area contributed by atoms with Crippen LogP contribution in [0.4, 0.5) is 0 Å². The van der Waals surface area contributed by atoms with Crippen LogP contribution in [-0.4, -0.2) is 42.9 Å². The molecule has 0 radical (unpaired) electrons. The number of carbonyl (C=O) groups excluding carboxylic acids is 3. The van der Waals surface area contributed by atoms with Gasteiger partial charge in [0.15, 0.2) is 0 Å². The molecule has 136 valence electrons. The van der Waals surface area contributed by atoms with Crippen LogP contribution in [0.1, 0.15) is 33.6 Å². The average Bonchev–Trinajstić information content (AvgIpc) is 3.22. The maximum absolute atomic E-state index is 12.4. The van der Waals surface area contributed by atoms with Gasteiger partial charge in [-0.3, -0.25) is 9.59 Å². The predicted octanol–water partition coefficient (Wildman–Crippen LogP) is 2.52. The largest absolute Gasteiger partial charge is 0.472 e. The summed E-state index contributed by atoms with van der Waals surface area (Å²) >= 11 is 0. The summed E-state index contributed by atoms with van der Waals surface area (Å²) in [5, 5.41) is 0. The molecule has 1 amide bonds. The van der Waals surface area contributed by atoms with Crippen LogP contribution in [0.3, 0.4) is 0 Å². The number of likely N-dealkylation sites (tertiary alicyclic amines) is 1. The van der Waals surface area contributed by atoms with Crippen molar-refractivity contribution in [1.29, 1.82) is 0 Å². The fourth-order valence-corrected chi connectivity index (χ4v) is 2.90. The second-order valence-electron chi connectivity index (χ2n) is 6.04. The molecule has 0 aliphatic carbocycles. The lowest BCUT2D eigenvalue weighted by atomic mass is 9.97. The Kier molecular flexibility index (Phi) is 5.36. The van der Waals surface area contributed by atoms with Gasteiger partial charge in [0.25, 0.3) is 5.91 Å². The van der Waals surface area contributed by atoms with E-state index in [9.17, 15) is 14.4 Å². The monoisotopic (exact) mass is 357 g/mol. The number of ether oxygens (including phenoxy) is 2. The van der Waals surface area contributed by atoms with E-state index >= 15 is 0 Å². The molecule has 1 aromatic heterocycles. The zero-order valence-electron chi connectivity index (χ0n) is 14.3. The number of rotatable bonds is 4. The summed E-state index contributed by atoms with van der Waals surface area (Å²) in [6, 6.07) is 7.75. The van der Waals surface area contributed by atoms with Crippen molar-refractivity contribution in [3.05, 3.63) is 54.0 Å². The van der Waals surface area contributed by atoms with Crippen LogP contribution in [0.15, 0.2) is 47.3 Å². The number of hydrogen-bond acceptors (Lipinski definition) is 6.